The molecule has 0 fully saturated rings. The molecule has 0 bridgehead atoms. The van der Waals surface area contributed by atoms with Crippen LogP contribution < -0.4 is 10.0 Å². The Kier molecular flexibility index (Phi) is 7.44. The van der Waals surface area contributed by atoms with Gasteiger partial charge in [-0.05, 0) is 71.9 Å². The average molecular weight is 436 g/mol. The lowest BCUT2D eigenvalue weighted by atomic mass is 10.2. The van der Waals surface area contributed by atoms with E-state index in [1.807, 2.05) is 25.3 Å². The van der Waals surface area contributed by atoms with Crippen molar-refractivity contribution in [3.63, 3.8) is 0 Å². The van der Waals surface area contributed by atoms with Gasteiger partial charge in [0.05, 0.1) is 10.5 Å². The maximum atomic E-state index is 12.5. The minimum Gasteiger partial charge on any atom is -0.449 e. The fourth-order valence-electron chi connectivity index (χ4n) is 3.11. The number of anilines is 1. The average Bonchev–Trinajstić information content (AvgIpc) is 2.94. The molecule has 2 rings (SSSR count). The molecule has 30 heavy (non-hydrogen) atoms. The number of aromatic nitrogens is 1. The monoisotopic (exact) mass is 435 g/mol. The summed E-state index contributed by atoms with van der Waals surface area (Å²) in [5.74, 6) is -1.07. The highest BCUT2D eigenvalue weighted by atomic mass is 32.2. The Balaban J connectivity index is 2.03. The number of esters is 1. The second-order valence-electron chi connectivity index (χ2n) is 7.37. The Morgan fingerprint density at radius 2 is 1.70 bits per heavy atom. The van der Waals surface area contributed by atoms with Crippen LogP contribution in [0.4, 0.5) is 5.69 Å². The van der Waals surface area contributed by atoms with E-state index in [0.717, 1.165) is 17.9 Å². The molecular formula is C21H29N3O5S. The van der Waals surface area contributed by atoms with Gasteiger partial charge in [-0.25, -0.2) is 17.9 Å². The van der Waals surface area contributed by atoms with Crippen molar-refractivity contribution >= 4 is 27.6 Å². The Morgan fingerprint density at radius 3 is 2.20 bits per heavy atom. The maximum absolute atomic E-state index is 12.5. The fourth-order valence-corrected chi connectivity index (χ4v) is 4.36. The van der Waals surface area contributed by atoms with Crippen molar-refractivity contribution < 1.29 is 22.7 Å². The van der Waals surface area contributed by atoms with Crippen LogP contribution in [0, 0.1) is 13.8 Å². The quantitative estimate of drug-likeness (QED) is 0.620. The summed E-state index contributed by atoms with van der Waals surface area (Å²) in [6.07, 6.45) is -1.02. The second-order valence-corrected chi connectivity index (χ2v) is 9.08. The van der Waals surface area contributed by atoms with Crippen molar-refractivity contribution in [2.45, 2.75) is 65.1 Å². The third kappa shape index (κ3) is 5.48. The normalized spacial score (nSPS) is 12.6. The third-order valence-corrected chi connectivity index (χ3v) is 6.26. The van der Waals surface area contributed by atoms with Gasteiger partial charge in [-0.1, -0.05) is 0 Å². The molecule has 1 heterocycles. The summed E-state index contributed by atoms with van der Waals surface area (Å²) >= 11 is 0. The highest BCUT2D eigenvalue weighted by molar-refractivity contribution is 7.89. The molecule has 0 aliphatic carbocycles. The molecule has 0 saturated heterocycles. The van der Waals surface area contributed by atoms with Crippen molar-refractivity contribution in [1.82, 2.24) is 9.29 Å². The van der Waals surface area contributed by atoms with Gasteiger partial charge in [0, 0.05) is 29.7 Å². The van der Waals surface area contributed by atoms with Crippen molar-refractivity contribution in [1.29, 1.82) is 0 Å². The Labute approximate surface area is 177 Å². The SMILES string of the molecule is CCn1c(C)cc(C(=O)O[C@H](C)C(=O)Nc2ccc(S(=O)(=O)NC(C)C)cc2)c1C. The summed E-state index contributed by atoms with van der Waals surface area (Å²) in [5.41, 5.74) is 2.57. The number of hydrogen-bond acceptors (Lipinski definition) is 5. The Hall–Kier alpha value is -2.65. The first-order valence-electron chi connectivity index (χ1n) is 9.77. The lowest BCUT2D eigenvalue weighted by Crippen LogP contribution is -2.31. The van der Waals surface area contributed by atoms with Crippen LogP contribution in [0.15, 0.2) is 35.2 Å². The molecule has 0 spiro atoms. The zero-order valence-corrected chi connectivity index (χ0v) is 19.0. The summed E-state index contributed by atoms with van der Waals surface area (Å²) in [6.45, 7) is 11.4. The Bertz CT molecular complexity index is 1020. The minimum atomic E-state index is -3.61. The smallest absolute Gasteiger partial charge is 0.340 e. The number of nitrogens with one attached hydrogen (secondary N) is 2. The second kappa shape index (κ2) is 9.44. The van der Waals surface area contributed by atoms with Gasteiger partial charge in [0.2, 0.25) is 10.0 Å². The number of aryl methyl sites for hydroxylation is 1. The van der Waals surface area contributed by atoms with E-state index in [-0.39, 0.29) is 10.9 Å². The van der Waals surface area contributed by atoms with Gasteiger partial charge in [0.1, 0.15) is 0 Å². The first-order valence-corrected chi connectivity index (χ1v) is 11.3. The van der Waals surface area contributed by atoms with Crippen LogP contribution in [-0.4, -0.2) is 37.0 Å². The molecule has 1 atom stereocenters. The molecule has 2 N–H and O–H groups in total. The highest BCUT2D eigenvalue weighted by Crippen LogP contribution is 2.18. The molecule has 1 amide bonds. The van der Waals surface area contributed by atoms with Gasteiger partial charge in [-0.3, -0.25) is 4.79 Å². The van der Waals surface area contributed by atoms with Crippen molar-refractivity contribution in [3.05, 3.63) is 47.3 Å². The van der Waals surface area contributed by atoms with Crippen molar-refractivity contribution in [3.8, 4) is 0 Å². The van der Waals surface area contributed by atoms with Gasteiger partial charge in [-0.15, -0.1) is 0 Å². The molecule has 0 aliphatic heterocycles. The molecule has 164 valence electrons. The number of carbonyl (C=O) groups excluding carboxylic acids is 2. The first kappa shape index (κ1) is 23.6. The molecule has 8 nitrogen and oxygen atoms in total. The molecule has 0 radical (unpaired) electrons. The van der Waals surface area contributed by atoms with E-state index in [0.29, 0.717) is 11.3 Å². The third-order valence-electron chi connectivity index (χ3n) is 4.59. The zero-order valence-electron chi connectivity index (χ0n) is 18.1. The summed E-state index contributed by atoms with van der Waals surface area (Å²) in [4.78, 5) is 25.0. The molecular weight excluding hydrogens is 406 g/mol. The summed E-state index contributed by atoms with van der Waals surface area (Å²) < 4.78 is 34.1. The van der Waals surface area contributed by atoms with E-state index >= 15 is 0 Å². The fraction of sp³-hybridized carbons (Fsp3) is 0.429. The summed E-state index contributed by atoms with van der Waals surface area (Å²) in [5, 5.41) is 2.62. The van der Waals surface area contributed by atoms with E-state index in [2.05, 4.69) is 10.0 Å². The van der Waals surface area contributed by atoms with E-state index in [9.17, 15) is 18.0 Å². The number of sulfonamides is 1. The van der Waals surface area contributed by atoms with E-state index < -0.39 is 28.0 Å². The molecule has 1 aromatic heterocycles. The van der Waals surface area contributed by atoms with Gasteiger partial charge in [-0.2, -0.15) is 0 Å². The van der Waals surface area contributed by atoms with Gasteiger partial charge < -0.3 is 14.6 Å². The number of amides is 1. The number of carbonyl (C=O) groups is 2. The van der Waals surface area contributed by atoms with Crippen LogP contribution >= 0.6 is 0 Å². The van der Waals surface area contributed by atoms with Crippen LogP contribution in [0.2, 0.25) is 0 Å². The van der Waals surface area contributed by atoms with Crippen molar-refractivity contribution in [2.24, 2.45) is 0 Å². The van der Waals surface area contributed by atoms with Gasteiger partial charge >= 0.3 is 5.97 Å². The number of nitrogens with zero attached hydrogens (tertiary/aromatic N) is 1. The molecule has 0 saturated carbocycles. The highest BCUT2D eigenvalue weighted by Gasteiger charge is 2.23. The van der Waals surface area contributed by atoms with Gasteiger partial charge in [0.15, 0.2) is 6.10 Å². The van der Waals surface area contributed by atoms with Crippen LogP contribution in [0.25, 0.3) is 0 Å². The standard InChI is InChI=1S/C21H29N3O5S/c1-7-24-14(4)12-19(15(24)5)21(26)29-16(6)20(25)22-17-8-10-18(11-9-17)30(27,28)23-13(2)3/h8-13,16,23H,7H2,1-6H3,(H,22,25)/t16-/m1/s1. The molecule has 1 aromatic carbocycles. The van der Waals surface area contributed by atoms with E-state index in [1.165, 1.54) is 31.2 Å². The van der Waals surface area contributed by atoms with Crippen LogP contribution in [0.5, 0.6) is 0 Å². The predicted octanol–water partition coefficient (Wildman–Crippen LogP) is 3.00. The van der Waals surface area contributed by atoms with Crippen molar-refractivity contribution in [2.75, 3.05) is 5.32 Å². The molecule has 2 aromatic rings. The molecule has 9 heteroatoms. The molecule has 0 unspecified atom stereocenters. The van der Waals surface area contributed by atoms with Crippen LogP contribution in [-0.2, 0) is 26.1 Å². The topological polar surface area (TPSA) is 106 Å². The number of ether oxygens (including phenoxy) is 1. The number of benzene rings is 1. The lowest BCUT2D eigenvalue weighted by Gasteiger charge is -2.14. The summed E-state index contributed by atoms with van der Waals surface area (Å²) in [6, 6.07) is 7.28. The lowest BCUT2D eigenvalue weighted by molar-refractivity contribution is -0.123. The van der Waals surface area contributed by atoms with Crippen LogP contribution in [0.1, 0.15) is 49.4 Å². The minimum absolute atomic E-state index is 0.0972. The maximum Gasteiger partial charge on any atom is 0.340 e. The number of hydrogen-bond donors (Lipinski definition) is 2. The van der Waals surface area contributed by atoms with Crippen LogP contribution in [0.3, 0.4) is 0 Å². The Morgan fingerprint density at radius 1 is 1.10 bits per heavy atom. The first-order chi connectivity index (χ1) is 14.0. The zero-order chi connectivity index (χ0) is 22.6. The van der Waals surface area contributed by atoms with E-state index in [1.54, 1.807) is 19.9 Å². The van der Waals surface area contributed by atoms with E-state index in [4.69, 9.17) is 4.74 Å². The van der Waals surface area contributed by atoms with Gasteiger partial charge in [0.25, 0.3) is 5.91 Å². The largest absolute Gasteiger partial charge is 0.449 e. The summed E-state index contributed by atoms with van der Waals surface area (Å²) in [7, 11) is -3.61. The molecule has 0 aliphatic rings. The predicted molar refractivity (Wildman–Crippen MR) is 115 cm³/mol. The number of rotatable bonds is 8.